The summed E-state index contributed by atoms with van der Waals surface area (Å²) in [7, 11) is 1.42. The Kier molecular flexibility index (Phi) is 3.76. The van der Waals surface area contributed by atoms with Gasteiger partial charge < -0.3 is 9.84 Å². The molecule has 2 rings (SSSR count). The van der Waals surface area contributed by atoms with Gasteiger partial charge in [0, 0.05) is 11.5 Å². The van der Waals surface area contributed by atoms with Gasteiger partial charge in [0.15, 0.2) is 0 Å². The van der Waals surface area contributed by atoms with Crippen molar-refractivity contribution in [1.29, 1.82) is 0 Å². The predicted molar refractivity (Wildman–Crippen MR) is 67.9 cm³/mol. The Balaban J connectivity index is 2.27. The Labute approximate surface area is 105 Å². The SMILES string of the molecule is COC(=O)C1(C2(O)CCCSC2)CCSC1. The monoisotopic (exact) mass is 262 g/mol. The molecule has 92 valence electrons. The van der Waals surface area contributed by atoms with E-state index in [1.54, 1.807) is 23.5 Å². The molecule has 2 aliphatic heterocycles. The maximum Gasteiger partial charge on any atom is 0.315 e. The summed E-state index contributed by atoms with van der Waals surface area (Å²) in [5.41, 5.74) is -1.51. The number of esters is 1. The molecule has 2 atom stereocenters. The summed E-state index contributed by atoms with van der Waals surface area (Å²) in [6.07, 6.45) is 2.47. The van der Waals surface area contributed by atoms with Crippen molar-refractivity contribution in [2.45, 2.75) is 24.9 Å². The number of rotatable bonds is 2. The predicted octanol–water partition coefficient (Wildman–Crippen LogP) is 1.54. The molecule has 2 unspecified atom stereocenters. The van der Waals surface area contributed by atoms with Gasteiger partial charge in [-0.25, -0.2) is 0 Å². The van der Waals surface area contributed by atoms with E-state index < -0.39 is 11.0 Å². The van der Waals surface area contributed by atoms with Crippen LogP contribution in [0.15, 0.2) is 0 Å². The van der Waals surface area contributed by atoms with Crippen molar-refractivity contribution in [2.24, 2.45) is 5.41 Å². The molecule has 5 heteroatoms. The molecule has 0 radical (unpaired) electrons. The first-order valence-electron chi connectivity index (χ1n) is 5.61. The lowest BCUT2D eigenvalue weighted by Gasteiger charge is -2.44. The van der Waals surface area contributed by atoms with Gasteiger partial charge in [0.05, 0.1) is 12.7 Å². The molecule has 1 N–H and O–H groups in total. The second kappa shape index (κ2) is 4.78. The Morgan fingerprint density at radius 3 is 2.50 bits per heavy atom. The van der Waals surface area contributed by atoms with E-state index in [0.29, 0.717) is 11.5 Å². The topological polar surface area (TPSA) is 46.5 Å². The lowest BCUT2D eigenvalue weighted by atomic mass is 9.70. The summed E-state index contributed by atoms with van der Waals surface area (Å²) < 4.78 is 4.93. The summed E-state index contributed by atoms with van der Waals surface area (Å²) in [6, 6.07) is 0. The molecule has 16 heavy (non-hydrogen) atoms. The quantitative estimate of drug-likeness (QED) is 0.765. The molecule has 0 amide bonds. The van der Waals surface area contributed by atoms with Crippen LogP contribution in [0.25, 0.3) is 0 Å². The maximum atomic E-state index is 12.0. The molecule has 2 saturated heterocycles. The van der Waals surface area contributed by atoms with E-state index >= 15 is 0 Å². The third kappa shape index (κ3) is 1.87. The first-order chi connectivity index (χ1) is 7.65. The van der Waals surface area contributed by atoms with Crippen LogP contribution in [0.3, 0.4) is 0 Å². The van der Waals surface area contributed by atoms with Gasteiger partial charge >= 0.3 is 5.97 Å². The second-order valence-corrected chi connectivity index (χ2v) is 6.77. The molecule has 0 saturated carbocycles. The van der Waals surface area contributed by atoms with Gasteiger partial charge in [-0.1, -0.05) is 0 Å². The fraction of sp³-hybridized carbons (Fsp3) is 0.909. The molecule has 0 bridgehead atoms. The van der Waals surface area contributed by atoms with E-state index in [2.05, 4.69) is 0 Å². The van der Waals surface area contributed by atoms with Crippen molar-refractivity contribution in [3.63, 3.8) is 0 Å². The summed E-state index contributed by atoms with van der Waals surface area (Å²) in [5.74, 6) is 3.19. The standard InChI is InChI=1S/C11H18O3S2/c1-14-9(12)10(4-6-16-7-10)11(13)3-2-5-15-8-11/h13H,2-8H2,1H3. The molecule has 0 aromatic carbocycles. The minimum Gasteiger partial charge on any atom is -0.468 e. The van der Waals surface area contributed by atoms with Crippen molar-refractivity contribution in [3.8, 4) is 0 Å². The zero-order valence-corrected chi connectivity index (χ0v) is 11.2. The summed E-state index contributed by atoms with van der Waals surface area (Å²) >= 11 is 3.49. The van der Waals surface area contributed by atoms with Crippen LogP contribution in [0.1, 0.15) is 19.3 Å². The Bertz CT molecular complexity index is 268. The van der Waals surface area contributed by atoms with Crippen LogP contribution in [0, 0.1) is 5.41 Å². The third-order valence-corrected chi connectivity index (χ3v) is 6.16. The van der Waals surface area contributed by atoms with E-state index in [4.69, 9.17) is 4.74 Å². The van der Waals surface area contributed by atoms with Crippen LogP contribution < -0.4 is 0 Å². The number of carbonyl (C=O) groups excluding carboxylic acids is 1. The molecular weight excluding hydrogens is 244 g/mol. The number of hydrogen-bond donors (Lipinski definition) is 1. The highest BCUT2D eigenvalue weighted by molar-refractivity contribution is 7.99. The Morgan fingerprint density at radius 2 is 2.00 bits per heavy atom. The summed E-state index contributed by atoms with van der Waals surface area (Å²) in [5, 5.41) is 10.8. The van der Waals surface area contributed by atoms with E-state index in [-0.39, 0.29) is 5.97 Å². The van der Waals surface area contributed by atoms with Gasteiger partial charge in [-0.2, -0.15) is 23.5 Å². The number of ether oxygens (including phenoxy) is 1. The summed E-state index contributed by atoms with van der Waals surface area (Å²) in [6.45, 7) is 0. The van der Waals surface area contributed by atoms with Gasteiger partial charge in [0.2, 0.25) is 0 Å². The highest BCUT2D eigenvalue weighted by Crippen LogP contribution is 2.50. The van der Waals surface area contributed by atoms with Crippen LogP contribution in [0.5, 0.6) is 0 Å². The largest absolute Gasteiger partial charge is 0.468 e. The molecule has 0 aliphatic carbocycles. The van der Waals surface area contributed by atoms with Crippen molar-refractivity contribution < 1.29 is 14.6 Å². The minimum atomic E-state index is -0.855. The zero-order chi connectivity index (χ0) is 11.6. The highest BCUT2D eigenvalue weighted by Gasteiger charge is 2.58. The van der Waals surface area contributed by atoms with Crippen LogP contribution in [-0.4, -0.2) is 46.8 Å². The summed E-state index contributed by atoms with van der Waals surface area (Å²) in [4.78, 5) is 12.0. The molecule has 0 aromatic rings. The van der Waals surface area contributed by atoms with Gasteiger partial charge in [0.25, 0.3) is 0 Å². The Morgan fingerprint density at radius 1 is 1.25 bits per heavy atom. The lowest BCUT2D eigenvalue weighted by molar-refractivity contribution is -0.168. The number of methoxy groups -OCH3 is 1. The molecular formula is C11H18O3S2. The van der Waals surface area contributed by atoms with Crippen molar-refractivity contribution in [1.82, 2.24) is 0 Å². The van der Waals surface area contributed by atoms with E-state index in [1.807, 2.05) is 0 Å². The zero-order valence-electron chi connectivity index (χ0n) is 9.53. The van der Waals surface area contributed by atoms with Crippen molar-refractivity contribution in [3.05, 3.63) is 0 Å². The highest BCUT2D eigenvalue weighted by atomic mass is 32.2. The molecule has 0 aromatic heterocycles. The van der Waals surface area contributed by atoms with E-state index in [0.717, 1.165) is 30.8 Å². The van der Waals surface area contributed by atoms with Crippen LogP contribution >= 0.6 is 23.5 Å². The maximum absolute atomic E-state index is 12.0. The fourth-order valence-electron chi connectivity index (χ4n) is 2.64. The number of thioether (sulfide) groups is 2. The lowest BCUT2D eigenvalue weighted by Crippen LogP contribution is -2.56. The van der Waals surface area contributed by atoms with Crippen molar-refractivity contribution in [2.75, 3.05) is 30.1 Å². The van der Waals surface area contributed by atoms with Gasteiger partial charge in [-0.05, 0) is 30.8 Å². The minimum absolute atomic E-state index is 0.220. The average molecular weight is 262 g/mol. The third-order valence-electron chi connectivity index (χ3n) is 3.71. The van der Waals surface area contributed by atoms with E-state index in [1.165, 1.54) is 7.11 Å². The Hall–Kier alpha value is 0.130. The number of aliphatic hydroxyl groups is 1. The average Bonchev–Trinajstić information content (AvgIpc) is 2.80. The van der Waals surface area contributed by atoms with Gasteiger partial charge in [-0.3, -0.25) is 4.79 Å². The van der Waals surface area contributed by atoms with Crippen molar-refractivity contribution >= 4 is 29.5 Å². The van der Waals surface area contributed by atoms with Crippen LogP contribution in [0.2, 0.25) is 0 Å². The normalized spacial score (nSPS) is 39.6. The van der Waals surface area contributed by atoms with Gasteiger partial charge in [-0.15, -0.1) is 0 Å². The van der Waals surface area contributed by atoms with Gasteiger partial charge in [0.1, 0.15) is 5.41 Å². The van der Waals surface area contributed by atoms with Crippen LogP contribution in [0.4, 0.5) is 0 Å². The van der Waals surface area contributed by atoms with Crippen LogP contribution in [-0.2, 0) is 9.53 Å². The molecule has 2 aliphatic rings. The second-order valence-electron chi connectivity index (χ2n) is 4.56. The van der Waals surface area contributed by atoms with E-state index in [9.17, 15) is 9.90 Å². The number of carbonyl (C=O) groups is 1. The molecule has 2 heterocycles. The molecule has 0 spiro atoms. The smallest absolute Gasteiger partial charge is 0.315 e. The first kappa shape index (κ1) is 12.6. The number of hydrogen-bond acceptors (Lipinski definition) is 5. The molecule has 2 fully saturated rings. The molecule has 3 nitrogen and oxygen atoms in total. The first-order valence-corrected chi connectivity index (χ1v) is 7.92. The fourth-order valence-corrected chi connectivity index (χ4v) is 5.40.